The SMILES string of the molecule is CCCC(OC)C(N)Cc1ccco1. The molecule has 0 spiro atoms. The van der Waals surface area contributed by atoms with E-state index in [0.717, 1.165) is 25.0 Å². The lowest BCUT2D eigenvalue weighted by Crippen LogP contribution is -2.37. The second-order valence-corrected chi connectivity index (χ2v) is 3.51. The van der Waals surface area contributed by atoms with Gasteiger partial charge < -0.3 is 14.9 Å². The third kappa shape index (κ3) is 3.16. The van der Waals surface area contributed by atoms with Crippen molar-refractivity contribution in [2.45, 2.75) is 38.3 Å². The predicted molar refractivity (Wildman–Crippen MR) is 56.1 cm³/mol. The zero-order valence-electron chi connectivity index (χ0n) is 8.90. The Labute approximate surface area is 85.2 Å². The van der Waals surface area contributed by atoms with Gasteiger partial charge in [0.25, 0.3) is 0 Å². The lowest BCUT2D eigenvalue weighted by atomic mass is 10.0. The Morgan fingerprint density at radius 2 is 2.36 bits per heavy atom. The van der Waals surface area contributed by atoms with Crippen LogP contribution in [-0.4, -0.2) is 19.3 Å². The molecular weight excluding hydrogens is 178 g/mol. The minimum Gasteiger partial charge on any atom is -0.469 e. The monoisotopic (exact) mass is 197 g/mol. The van der Waals surface area contributed by atoms with Gasteiger partial charge in [0.05, 0.1) is 12.4 Å². The van der Waals surface area contributed by atoms with Crippen molar-refractivity contribution in [3.8, 4) is 0 Å². The molecule has 3 nitrogen and oxygen atoms in total. The number of nitrogens with two attached hydrogens (primary N) is 1. The van der Waals surface area contributed by atoms with E-state index in [4.69, 9.17) is 14.9 Å². The zero-order chi connectivity index (χ0) is 10.4. The number of ether oxygens (including phenoxy) is 1. The summed E-state index contributed by atoms with van der Waals surface area (Å²) in [6.07, 6.45) is 4.63. The molecule has 2 N–H and O–H groups in total. The molecule has 0 aromatic carbocycles. The molecule has 0 saturated heterocycles. The van der Waals surface area contributed by atoms with Gasteiger partial charge in [0.2, 0.25) is 0 Å². The van der Waals surface area contributed by atoms with Gasteiger partial charge in [-0.1, -0.05) is 13.3 Å². The van der Waals surface area contributed by atoms with E-state index in [1.165, 1.54) is 0 Å². The Hall–Kier alpha value is -0.800. The van der Waals surface area contributed by atoms with Crippen LogP contribution in [0.15, 0.2) is 22.8 Å². The van der Waals surface area contributed by atoms with Crippen LogP contribution in [0.5, 0.6) is 0 Å². The molecule has 1 aromatic heterocycles. The van der Waals surface area contributed by atoms with Crippen molar-refractivity contribution >= 4 is 0 Å². The average molecular weight is 197 g/mol. The molecule has 0 radical (unpaired) electrons. The summed E-state index contributed by atoms with van der Waals surface area (Å²) in [4.78, 5) is 0. The smallest absolute Gasteiger partial charge is 0.105 e. The first-order valence-electron chi connectivity index (χ1n) is 5.08. The molecule has 0 fully saturated rings. The Balaban J connectivity index is 2.43. The van der Waals surface area contributed by atoms with Crippen LogP contribution >= 0.6 is 0 Å². The first kappa shape index (κ1) is 11.3. The van der Waals surface area contributed by atoms with Gasteiger partial charge in [0.1, 0.15) is 5.76 Å². The van der Waals surface area contributed by atoms with Crippen LogP contribution < -0.4 is 5.73 Å². The number of rotatable bonds is 6. The van der Waals surface area contributed by atoms with Crippen LogP contribution in [0.1, 0.15) is 25.5 Å². The molecule has 1 heterocycles. The van der Waals surface area contributed by atoms with E-state index in [1.54, 1.807) is 13.4 Å². The summed E-state index contributed by atoms with van der Waals surface area (Å²) in [5.41, 5.74) is 6.02. The minimum atomic E-state index is 0.0195. The predicted octanol–water partition coefficient (Wildman–Crippen LogP) is 1.96. The summed E-state index contributed by atoms with van der Waals surface area (Å²) < 4.78 is 10.6. The van der Waals surface area contributed by atoms with E-state index in [1.807, 2.05) is 12.1 Å². The molecule has 2 unspecified atom stereocenters. The highest BCUT2D eigenvalue weighted by Crippen LogP contribution is 2.10. The van der Waals surface area contributed by atoms with E-state index in [9.17, 15) is 0 Å². The highest BCUT2D eigenvalue weighted by Gasteiger charge is 2.17. The number of methoxy groups -OCH3 is 1. The van der Waals surface area contributed by atoms with E-state index >= 15 is 0 Å². The summed E-state index contributed by atoms with van der Waals surface area (Å²) >= 11 is 0. The van der Waals surface area contributed by atoms with Gasteiger partial charge in [-0.15, -0.1) is 0 Å². The molecule has 0 aliphatic rings. The van der Waals surface area contributed by atoms with E-state index in [0.29, 0.717) is 0 Å². The quantitative estimate of drug-likeness (QED) is 0.758. The van der Waals surface area contributed by atoms with Crippen LogP contribution in [0.2, 0.25) is 0 Å². The van der Waals surface area contributed by atoms with Crippen molar-refractivity contribution in [2.75, 3.05) is 7.11 Å². The molecule has 0 aliphatic carbocycles. The van der Waals surface area contributed by atoms with E-state index in [2.05, 4.69) is 6.92 Å². The Morgan fingerprint density at radius 3 is 2.86 bits per heavy atom. The van der Waals surface area contributed by atoms with E-state index in [-0.39, 0.29) is 12.1 Å². The molecule has 1 aromatic rings. The molecular formula is C11H19NO2. The first-order valence-corrected chi connectivity index (χ1v) is 5.08. The topological polar surface area (TPSA) is 48.4 Å². The van der Waals surface area contributed by atoms with Crippen LogP contribution in [0.25, 0.3) is 0 Å². The largest absolute Gasteiger partial charge is 0.469 e. The Kier molecular flexibility index (Phi) is 4.70. The Bertz CT molecular complexity index is 233. The van der Waals surface area contributed by atoms with Gasteiger partial charge in [-0.3, -0.25) is 0 Å². The van der Waals surface area contributed by atoms with Gasteiger partial charge in [0, 0.05) is 19.6 Å². The maximum absolute atomic E-state index is 6.02. The lowest BCUT2D eigenvalue weighted by molar-refractivity contribution is 0.0712. The van der Waals surface area contributed by atoms with Crippen LogP contribution in [0.3, 0.4) is 0 Å². The molecule has 3 heteroatoms. The molecule has 0 amide bonds. The number of hydrogen-bond donors (Lipinski definition) is 1. The van der Waals surface area contributed by atoms with Crippen molar-refractivity contribution < 1.29 is 9.15 Å². The van der Waals surface area contributed by atoms with Crippen LogP contribution in [0.4, 0.5) is 0 Å². The summed E-state index contributed by atoms with van der Waals surface area (Å²) in [6.45, 7) is 2.13. The van der Waals surface area contributed by atoms with Crippen molar-refractivity contribution in [2.24, 2.45) is 5.73 Å². The molecule has 0 saturated carbocycles. The fourth-order valence-electron chi connectivity index (χ4n) is 1.58. The highest BCUT2D eigenvalue weighted by atomic mass is 16.5. The van der Waals surface area contributed by atoms with Gasteiger partial charge in [0.15, 0.2) is 0 Å². The zero-order valence-corrected chi connectivity index (χ0v) is 8.90. The second kappa shape index (κ2) is 5.83. The normalized spacial score (nSPS) is 15.4. The summed E-state index contributed by atoms with van der Waals surface area (Å²) in [5, 5.41) is 0. The maximum Gasteiger partial charge on any atom is 0.105 e. The third-order valence-electron chi connectivity index (χ3n) is 2.37. The average Bonchev–Trinajstić information content (AvgIpc) is 2.66. The molecule has 2 atom stereocenters. The van der Waals surface area contributed by atoms with Gasteiger partial charge in [-0.05, 0) is 18.6 Å². The third-order valence-corrected chi connectivity index (χ3v) is 2.37. The van der Waals surface area contributed by atoms with Gasteiger partial charge in [-0.2, -0.15) is 0 Å². The highest BCUT2D eigenvalue weighted by molar-refractivity contribution is 5.01. The maximum atomic E-state index is 6.02. The summed E-state index contributed by atoms with van der Waals surface area (Å²) in [5.74, 6) is 0.927. The fourth-order valence-corrected chi connectivity index (χ4v) is 1.58. The number of hydrogen-bond acceptors (Lipinski definition) is 3. The molecule has 0 aliphatic heterocycles. The van der Waals surface area contributed by atoms with Crippen molar-refractivity contribution in [1.29, 1.82) is 0 Å². The van der Waals surface area contributed by atoms with E-state index < -0.39 is 0 Å². The Morgan fingerprint density at radius 1 is 1.57 bits per heavy atom. The van der Waals surface area contributed by atoms with Gasteiger partial charge >= 0.3 is 0 Å². The molecule has 1 rings (SSSR count). The summed E-state index contributed by atoms with van der Waals surface area (Å²) in [6, 6.07) is 3.84. The number of furan rings is 1. The van der Waals surface area contributed by atoms with Crippen LogP contribution in [0, 0.1) is 0 Å². The summed E-state index contributed by atoms with van der Waals surface area (Å²) in [7, 11) is 1.71. The van der Waals surface area contributed by atoms with Gasteiger partial charge in [-0.25, -0.2) is 0 Å². The molecule has 0 bridgehead atoms. The lowest BCUT2D eigenvalue weighted by Gasteiger charge is -2.21. The van der Waals surface area contributed by atoms with Crippen molar-refractivity contribution in [1.82, 2.24) is 0 Å². The molecule has 14 heavy (non-hydrogen) atoms. The second-order valence-electron chi connectivity index (χ2n) is 3.51. The van der Waals surface area contributed by atoms with Crippen molar-refractivity contribution in [3.63, 3.8) is 0 Å². The van der Waals surface area contributed by atoms with Crippen LogP contribution in [-0.2, 0) is 11.2 Å². The minimum absolute atomic E-state index is 0.0195. The van der Waals surface area contributed by atoms with Crippen molar-refractivity contribution in [3.05, 3.63) is 24.2 Å². The molecule has 80 valence electrons. The standard InChI is InChI=1S/C11H19NO2/c1-3-5-11(13-2)10(12)8-9-6-4-7-14-9/h4,6-7,10-11H,3,5,8,12H2,1-2H3. The fraction of sp³-hybridized carbons (Fsp3) is 0.636. The first-order chi connectivity index (χ1) is 6.77.